The van der Waals surface area contributed by atoms with Crippen LogP contribution in [0.2, 0.25) is 0 Å². The Morgan fingerprint density at radius 1 is 0.474 bits per heavy atom. The number of carbonyl (C=O) groups excluding carboxylic acids is 1. The van der Waals surface area contributed by atoms with Crippen molar-refractivity contribution in [1.29, 1.82) is 0 Å². The van der Waals surface area contributed by atoms with Gasteiger partial charge in [0.2, 0.25) is 5.91 Å². The van der Waals surface area contributed by atoms with Gasteiger partial charge >= 0.3 is 0 Å². The van der Waals surface area contributed by atoms with Crippen molar-refractivity contribution in [2.24, 2.45) is 0 Å². The van der Waals surface area contributed by atoms with E-state index in [9.17, 15) is 19.4 Å². The summed E-state index contributed by atoms with van der Waals surface area (Å²) in [7, 11) is 1.29. The van der Waals surface area contributed by atoms with Crippen LogP contribution >= 0.6 is 7.82 Å². The van der Waals surface area contributed by atoms with Crippen molar-refractivity contribution >= 4 is 13.7 Å². The first kappa shape index (κ1) is 73.4. The van der Waals surface area contributed by atoms with E-state index in [4.69, 9.17) is 9.05 Å². The standard InChI is InChI=1S/C67H121N2O6P/c1-6-8-10-12-14-16-18-20-22-24-26-28-30-31-32-33-34-35-36-37-39-41-43-45-47-49-51-53-55-57-59-61-67(71)68-65(64-75-76(72,73)74-63-62-69(3,4)5)66(70)60-58-56-54-52-50-48-46-44-42-40-38-29-27-25-23-21-19-17-15-13-11-9-7-2/h8,10,14,16,20,22,26,28,31-32,34-35,37,39,43,45,65-66,70H,6-7,9,11-13,15,17-19,21,23-25,27,29-30,33,36,38,40-42,44,46-64H2,1-5H3,(H-,68,71,72,73)/b10-8-,16-14-,22-20-,28-26-,32-31-,35-34-,39-37-,45-43-. The number of unbranched alkanes of at least 4 members (excludes halogenated alkanes) is 28. The third-order valence-electron chi connectivity index (χ3n) is 13.8. The molecule has 0 aliphatic rings. The summed E-state index contributed by atoms with van der Waals surface area (Å²) in [6.45, 7) is 4.61. The number of phosphoric acid groups is 1. The monoisotopic (exact) mass is 1080 g/mol. The molecule has 0 aromatic rings. The average molecular weight is 1080 g/mol. The van der Waals surface area contributed by atoms with E-state index >= 15 is 0 Å². The predicted molar refractivity (Wildman–Crippen MR) is 329 cm³/mol. The van der Waals surface area contributed by atoms with Crippen LogP contribution in [0.5, 0.6) is 0 Å². The number of allylic oxidation sites excluding steroid dienone is 16. The van der Waals surface area contributed by atoms with Gasteiger partial charge in [-0.1, -0.05) is 284 Å². The first-order valence-corrected chi connectivity index (χ1v) is 33.0. The Labute approximate surface area is 470 Å². The SMILES string of the molecule is CC/C=C\C/C=C\C/C=C\C/C=C\C/C=C\C/C=C\C/C=C\C/C=C\CCCCCCCCC(=O)NC(COP(=O)([O-])OCC[N+](C)(C)C)C(O)CCCCCCCCCCCCCCCCCCCCCCCCC. The largest absolute Gasteiger partial charge is 0.756 e. The molecule has 3 unspecified atom stereocenters. The number of quaternary nitrogens is 1. The number of aliphatic hydroxyl groups is 1. The van der Waals surface area contributed by atoms with Crippen LogP contribution in [-0.4, -0.2) is 68.5 Å². The van der Waals surface area contributed by atoms with Gasteiger partial charge in [0.05, 0.1) is 39.9 Å². The number of hydrogen-bond donors (Lipinski definition) is 2. The quantitative estimate of drug-likeness (QED) is 0.0272. The van der Waals surface area contributed by atoms with Gasteiger partial charge in [-0.25, -0.2) is 0 Å². The van der Waals surface area contributed by atoms with Gasteiger partial charge in [-0.3, -0.25) is 9.36 Å². The van der Waals surface area contributed by atoms with Gasteiger partial charge < -0.3 is 28.8 Å². The summed E-state index contributed by atoms with van der Waals surface area (Å²) in [6, 6.07) is -0.817. The number of hydrogen-bond acceptors (Lipinski definition) is 6. The fourth-order valence-electron chi connectivity index (χ4n) is 8.94. The number of amides is 1. The van der Waals surface area contributed by atoms with E-state index in [1.54, 1.807) is 0 Å². The maximum atomic E-state index is 13.0. The number of carbonyl (C=O) groups is 1. The molecule has 0 aromatic carbocycles. The number of phosphoric ester groups is 1. The van der Waals surface area contributed by atoms with Crippen LogP contribution in [0.1, 0.15) is 271 Å². The minimum absolute atomic E-state index is 0.00447. The number of likely N-dealkylation sites (N-methyl/N-ethyl adjacent to an activating group) is 1. The van der Waals surface area contributed by atoms with Crippen LogP contribution < -0.4 is 10.2 Å². The normalized spacial score (nSPS) is 14.5. The first-order valence-electron chi connectivity index (χ1n) is 31.6. The predicted octanol–water partition coefficient (Wildman–Crippen LogP) is 19.1. The second kappa shape index (κ2) is 57.1. The molecule has 1 amide bonds. The Morgan fingerprint density at radius 3 is 1.17 bits per heavy atom. The van der Waals surface area contributed by atoms with E-state index in [2.05, 4.69) is 116 Å². The zero-order valence-electron chi connectivity index (χ0n) is 50.2. The van der Waals surface area contributed by atoms with Gasteiger partial charge in [-0.2, -0.15) is 0 Å². The fraction of sp³-hybridized carbons (Fsp3) is 0.746. The Bertz CT molecular complexity index is 1560. The molecule has 0 fully saturated rings. The molecule has 0 aliphatic heterocycles. The lowest BCUT2D eigenvalue weighted by Gasteiger charge is -2.30. The highest BCUT2D eigenvalue weighted by Crippen LogP contribution is 2.38. The van der Waals surface area contributed by atoms with Crippen LogP contribution in [0.3, 0.4) is 0 Å². The minimum Gasteiger partial charge on any atom is -0.756 e. The van der Waals surface area contributed by atoms with Crippen molar-refractivity contribution in [3.8, 4) is 0 Å². The van der Waals surface area contributed by atoms with Crippen molar-refractivity contribution in [2.75, 3.05) is 40.9 Å². The molecule has 76 heavy (non-hydrogen) atoms. The van der Waals surface area contributed by atoms with E-state index in [1.807, 2.05) is 21.1 Å². The second-order valence-electron chi connectivity index (χ2n) is 22.4. The molecule has 0 rings (SSSR count). The summed E-state index contributed by atoms with van der Waals surface area (Å²) in [5, 5.41) is 14.1. The molecular weight excluding hydrogens is 960 g/mol. The smallest absolute Gasteiger partial charge is 0.268 e. The molecule has 0 saturated carbocycles. The second-order valence-corrected chi connectivity index (χ2v) is 23.8. The molecule has 3 atom stereocenters. The Morgan fingerprint density at radius 2 is 0.803 bits per heavy atom. The van der Waals surface area contributed by atoms with Crippen molar-refractivity contribution < 1.29 is 32.9 Å². The minimum atomic E-state index is -4.59. The molecule has 0 bridgehead atoms. The highest BCUT2D eigenvalue weighted by molar-refractivity contribution is 7.45. The Hall–Kier alpha value is -2.58. The molecule has 0 aromatic heterocycles. The van der Waals surface area contributed by atoms with Gasteiger partial charge in [-0.05, 0) is 77.0 Å². The summed E-state index contributed by atoms with van der Waals surface area (Å²) in [5.41, 5.74) is 0. The van der Waals surface area contributed by atoms with Crippen molar-refractivity contribution in [2.45, 2.75) is 283 Å². The van der Waals surface area contributed by atoms with E-state index in [0.29, 0.717) is 23.9 Å². The lowest BCUT2D eigenvalue weighted by atomic mass is 10.0. The van der Waals surface area contributed by atoms with Gasteiger partial charge in [0.1, 0.15) is 13.2 Å². The lowest BCUT2D eigenvalue weighted by molar-refractivity contribution is -0.870. The number of nitrogens with one attached hydrogen (secondary N) is 1. The van der Waals surface area contributed by atoms with Crippen molar-refractivity contribution in [3.63, 3.8) is 0 Å². The summed E-state index contributed by atoms with van der Waals surface area (Å²) < 4.78 is 23.5. The van der Waals surface area contributed by atoms with Gasteiger partial charge in [0.15, 0.2) is 0 Å². The van der Waals surface area contributed by atoms with E-state index in [-0.39, 0.29) is 19.1 Å². The van der Waals surface area contributed by atoms with Crippen molar-refractivity contribution in [1.82, 2.24) is 5.32 Å². The molecule has 440 valence electrons. The molecular formula is C67H121N2O6P. The zero-order chi connectivity index (χ0) is 55.6. The van der Waals surface area contributed by atoms with Crippen LogP contribution in [0.4, 0.5) is 0 Å². The first-order chi connectivity index (χ1) is 37.0. The van der Waals surface area contributed by atoms with Gasteiger partial charge in [0.25, 0.3) is 7.82 Å². The Kier molecular flexibility index (Phi) is 55.2. The van der Waals surface area contributed by atoms with Crippen LogP contribution in [0, 0.1) is 0 Å². The maximum absolute atomic E-state index is 13.0. The Balaban J connectivity index is 4.20. The van der Waals surface area contributed by atoms with Gasteiger partial charge in [-0.15, -0.1) is 0 Å². The number of aliphatic hydroxyl groups excluding tert-OH is 1. The lowest BCUT2D eigenvalue weighted by Crippen LogP contribution is -2.46. The molecule has 0 saturated heterocycles. The van der Waals surface area contributed by atoms with Crippen LogP contribution in [0.25, 0.3) is 0 Å². The molecule has 9 heteroatoms. The molecule has 0 aliphatic carbocycles. The highest BCUT2D eigenvalue weighted by atomic mass is 31.2. The summed E-state index contributed by atoms with van der Waals surface area (Å²) >= 11 is 0. The fourth-order valence-corrected chi connectivity index (χ4v) is 9.66. The van der Waals surface area contributed by atoms with E-state index in [0.717, 1.165) is 103 Å². The average Bonchev–Trinajstić information content (AvgIpc) is 3.38. The number of rotatable bonds is 57. The van der Waals surface area contributed by atoms with E-state index in [1.165, 1.54) is 141 Å². The molecule has 8 nitrogen and oxygen atoms in total. The molecule has 2 N–H and O–H groups in total. The highest BCUT2D eigenvalue weighted by Gasteiger charge is 2.24. The van der Waals surface area contributed by atoms with Gasteiger partial charge in [0, 0.05) is 6.42 Å². The maximum Gasteiger partial charge on any atom is 0.268 e. The third-order valence-corrected chi connectivity index (χ3v) is 14.8. The zero-order valence-corrected chi connectivity index (χ0v) is 51.1. The van der Waals surface area contributed by atoms with Crippen LogP contribution in [0.15, 0.2) is 97.2 Å². The summed E-state index contributed by atoms with van der Waals surface area (Å²) in [6.07, 6.45) is 81.6. The third kappa shape index (κ3) is 59.1. The molecule has 0 spiro atoms. The van der Waals surface area contributed by atoms with Crippen LogP contribution in [-0.2, 0) is 18.4 Å². The summed E-state index contributed by atoms with van der Waals surface area (Å²) in [5.74, 6) is -0.180. The molecule has 0 heterocycles. The summed E-state index contributed by atoms with van der Waals surface area (Å²) in [4.78, 5) is 25.6. The molecule has 0 radical (unpaired) electrons. The van der Waals surface area contributed by atoms with Crippen molar-refractivity contribution in [3.05, 3.63) is 97.2 Å². The number of nitrogens with zero attached hydrogens (tertiary/aromatic N) is 1. The van der Waals surface area contributed by atoms with E-state index < -0.39 is 20.0 Å². The topological polar surface area (TPSA) is 108 Å².